The molecule has 0 aromatic heterocycles. The van der Waals surface area contributed by atoms with Crippen LogP contribution in [0.5, 0.6) is 0 Å². The molecule has 2 saturated heterocycles. The van der Waals surface area contributed by atoms with Gasteiger partial charge in [-0.05, 0) is 42.5 Å². The monoisotopic (exact) mass is 388 g/mol. The third kappa shape index (κ3) is 3.55. The Balaban J connectivity index is 1.43. The van der Waals surface area contributed by atoms with Gasteiger partial charge in [-0.15, -0.1) is 0 Å². The molecule has 2 aromatic rings. The number of carbonyl (C=O) groups excluding carboxylic acids is 2. The van der Waals surface area contributed by atoms with Crippen LogP contribution < -0.4 is 14.7 Å². The minimum Gasteiger partial charge on any atom is -0.360 e. The van der Waals surface area contributed by atoms with Crippen LogP contribution in [0, 0.1) is 5.82 Å². The minimum absolute atomic E-state index is 0.196. The zero-order valence-electron chi connectivity index (χ0n) is 14.7. The molecule has 2 amide bonds. The molecule has 5 nitrogen and oxygen atoms in total. The molecule has 27 heavy (non-hydrogen) atoms. The summed E-state index contributed by atoms with van der Waals surface area (Å²) < 4.78 is 13.1. The first-order valence-electron chi connectivity index (χ1n) is 9.00. The molecule has 2 aromatic carbocycles. The number of piperazine rings is 1. The van der Waals surface area contributed by atoms with Gasteiger partial charge in [0.15, 0.2) is 6.04 Å². The Morgan fingerprint density at radius 2 is 1.70 bits per heavy atom. The molecule has 1 N–H and O–H groups in total. The van der Waals surface area contributed by atoms with Gasteiger partial charge in [0.1, 0.15) is 5.82 Å². The number of benzene rings is 2. The van der Waals surface area contributed by atoms with Crippen molar-refractivity contribution in [2.24, 2.45) is 0 Å². The topological polar surface area (TPSA) is 45.1 Å². The van der Waals surface area contributed by atoms with Crippen molar-refractivity contribution in [3.05, 3.63) is 59.4 Å². The van der Waals surface area contributed by atoms with E-state index in [0.29, 0.717) is 10.7 Å². The van der Waals surface area contributed by atoms with E-state index in [4.69, 9.17) is 11.6 Å². The lowest BCUT2D eigenvalue weighted by Crippen LogP contribution is -3.19. The van der Waals surface area contributed by atoms with E-state index in [0.717, 1.165) is 36.8 Å². The van der Waals surface area contributed by atoms with Crippen LogP contribution in [0.25, 0.3) is 0 Å². The van der Waals surface area contributed by atoms with Gasteiger partial charge in [0.05, 0.1) is 38.3 Å². The fourth-order valence-corrected chi connectivity index (χ4v) is 4.07. The second kappa shape index (κ2) is 7.29. The molecule has 7 heteroatoms. The SMILES string of the molecule is O=C1C[C@H]([NH+]2CCN(c3cccc(Cl)c3)CC2)C(=O)N1c1ccc(F)cc1. The molecule has 0 unspecified atom stereocenters. The maximum Gasteiger partial charge on any atom is 0.292 e. The molecule has 140 valence electrons. The maximum absolute atomic E-state index is 13.1. The maximum atomic E-state index is 13.1. The van der Waals surface area contributed by atoms with Crippen LogP contribution in [0.4, 0.5) is 15.8 Å². The van der Waals surface area contributed by atoms with E-state index in [1.807, 2.05) is 24.3 Å². The minimum atomic E-state index is -0.392. The summed E-state index contributed by atoms with van der Waals surface area (Å²) in [5.74, 6) is -0.809. The number of anilines is 2. The number of carbonyl (C=O) groups is 2. The van der Waals surface area contributed by atoms with E-state index in [2.05, 4.69) is 4.90 Å². The van der Waals surface area contributed by atoms with Crippen molar-refractivity contribution in [2.45, 2.75) is 12.5 Å². The van der Waals surface area contributed by atoms with Crippen molar-refractivity contribution in [1.82, 2.24) is 0 Å². The van der Waals surface area contributed by atoms with E-state index in [-0.39, 0.29) is 24.3 Å². The van der Waals surface area contributed by atoms with Crippen molar-refractivity contribution in [2.75, 3.05) is 36.0 Å². The van der Waals surface area contributed by atoms with Crippen molar-refractivity contribution in [3.63, 3.8) is 0 Å². The summed E-state index contributed by atoms with van der Waals surface area (Å²) in [5.41, 5.74) is 1.51. The predicted molar refractivity (Wildman–Crippen MR) is 102 cm³/mol. The summed E-state index contributed by atoms with van der Waals surface area (Å²) in [4.78, 5) is 29.8. The quantitative estimate of drug-likeness (QED) is 0.811. The highest BCUT2D eigenvalue weighted by atomic mass is 35.5. The molecular weight excluding hydrogens is 369 g/mol. The van der Waals surface area contributed by atoms with Gasteiger partial charge in [0.2, 0.25) is 5.91 Å². The summed E-state index contributed by atoms with van der Waals surface area (Å²) in [6.45, 7) is 3.13. The highest BCUT2D eigenvalue weighted by Crippen LogP contribution is 2.23. The molecule has 0 radical (unpaired) electrons. The third-order valence-corrected chi connectivity index (χ3v) is 5.54. The lowest BCUT2D eigenvalue weighted by atomic mass is 10.1. The average molecular weight is 389 g/mol. The molecule has 4 rings (SSSR count). The smallest absolute Gasteiger partial charge is 0.292 e. The Labute approximate surface area is 161 Å². The van der Waals surface area contributed by atoms with E-state index in [9.17, 15) is 14.0 Å². The van der Waals surface area contributed by atoms with Gasteiger partial charge < -0.3 is 9.80 Å². The van der Waals surface area contributed by atoms with Crippen LogP contribution in [0.3, 0.4) is 0 Å². The lowest BCUT2D eigenvalue weighted by molar-refractivity contribution is -0.915. The van der Waals surface area contributed by atoms with E-state index < -0.39 is 5.82 Å². The zero-order valence-corrected chi connectivity index (χ0v) is 15.5. The Morgan fingerprint density at radius 3 is 2.37 bits per heavy atom. The fourth-order valence-electron chi connectivity index (χ4n) is 3.89. The number of nitrogens with one attached hydrogen (secondary N) is 1. The molecular formula is C20H20ClFN3O2+. The van der Waals surface area contributed by atoms with E-state index in [1.54, 1.807) is 0 Å². The number of imide groups is 1. The Morgan fingerprint density at radius 1 is 1.00 bits per heavy atom. The van der Waals surface area contributed by atoms with Gasteiger partial charge in [-0.2, -0.15) is 0 Å². The Hall–Kier alpha value is -2.44. The average Bonchev–Trinajstić information content (AvgIpc) is 2.97. The summed E-state index contributed by atoms with van der Waals surface area (Å²) in [7, 11) is 0. The molecule has 2 fully saturated rings. The first-order chi connectivity index (χ1) is 13.0. The molecule has 0 spiro atoms. The van der Waals surface area contributed by atoms with Crippen LogP contribution in [0.2, 0.25) is 5.02 Å². The third-order valence-electron chi connectivity index (χ3n) is 5.30. The second-order valence-electron chi connectivity index (χ2n) is 6.93. The lowest BCUT2D eigenvalue weighted by Gasteiger charge is -2.35. The normalized spacial score (nSPS) is 21.2. The zero-order chi connectivity index (χ0) is 19.0. The number of nitrogens with zero attached hydrogens (tertiary/aromatic N) is 2. The molecule has 0 saturated carbocycles. The number of rotatable bonds is 3. The molecule has 0 aliphatic carbocycles. The van der Waals surface area contributed by atoms with Crippen LogP contribution >= 0.6 is 11.6 Å². The van der Waals surface area contributed by atoms with Crippen molar-refractivity contribution in [3.8, 4) is 0 Å². The molecule has 0 bridgehead atoms. The number of amides is 2. The predicted octanol–water partition coefficient (Wildman–Crippen LogP) is 1.52. The number of hydrogen-bond acceptors (Lipinski definition) is 3. The first kappa shape index (κ1) is 17.9. The van der Waals surface area contributed by atoms with Crippen LogP contribution in [0.1, 0.15) is 6.42 Å². The van der Waals surface area contributed by atoms with E-state index >= 15 is 0 Å². The number of hydrogen-bond donors (Lipinski definition) is 1. The second-order valence-corrected chi connectivity index (χ2v) is 7.36. The molecule has 2 aliphatic rings. The fraction of sp³-hybridized carbons (Fsp3) is 0.300. The van der Waals surface area contributed by atoms with Gasteiger partial charge in [0, 0.05) is 10.7 Å². The van der Waals surface area contributed by atoms with Crippen LogP contribution in [-0.2, 0) is 9.59 Å². The summed E-state index contributed by atoms with van der Waals surface area (Å²) in [6.07, 6.45) is 0.197. The summed E-state index contributed by atoms with van der Waals surface area (Å²) in [6, 6.07) is 12.8. The number of quaternary nitrogens is 1. The molecule has 2 aliphatic heterocycles. The van der Waals surface area contributed by atoms with Crippen LogP contribution in [0.15, 0.2) is 48.5 Å². The largest absolute Gasteiger partial charge is 0.360 e. The highest BCUT2D eigenvalue weighted by molar-refractivity contribution is 6.30. The standard InChI is InChI=1S/C20H19ClFN3O2/c21-14-2-1-3-17(12-14)23-8-10-24(11-9-23)18-13-19(26)25(20(18)27)16-6-4-15(22)5-7-16/h1-7,12,18H,8-11,13H2/p+1/t18-/m0/s1. The van der Waals surface area contributed by atoms with Gasteiger partial charge in [-0.1, -0.05) is 17.7 Å². The summed E-state index contributed by atoms with van der Waals surface area (Å²) in [5, 5.41) is 0.703. The summed E-state index contributed by atoms with van der Waals surface area (Å²) >= 11 is 6.07. The number of halogens is 2. The van der Waals surface area contributed by atoms with Crippen molar-refractivity contribution >= 4 is 34.8 Å². The highest BCUT2D eigenvalue weighted by Gasteiger charge is 2.46. The van der Waals surface area contributed by atoms with Crippen LogP contribution in [-0.4, -0.2) is 44.0 Å². The molecule has 2 heterocycles. The van der Waals surface area contributed by atoms with Gasteiger partial charge >= 0.3 is 0 Å². The Bertz CT molecular complexity index is 866. The van der Waals surface area contributed by atoms with E-state index in [1.165, 1.54) is 29.2 Å². The molecule has 1 atom stereocenters. The first-order valence-corrected chi connectivity index (χ1v) is 9.38. The van der Waals surface area contributed by atoms with Crippen molar-refractivity contribution in [1.29, 1.82) is 0 Å². The van der Waals surface area contributed by atoms with Gasteiger partial charge in [-0.3, -0.25) is 9.59 Å². The Kier molecular flexibility index (Phi) is 4.85. The van der Waals surface area contributed by atoms with Gasteiger partial charge in [-0.25, -0.2) is 9.29 Å². The van der Waals surface area contributed by atoms with Gasteiger partial charge in [0.25, 0.3) is 5.91 Å². The van der Waals surface area contributed by atoms with Crippen molar-refractivity contribution < 1.29 is 18.9 Å².